The Morgan fingerprint density at radius 1 is 1.09 bits per heavy atom. The summed E-state index contributed by atoms with van der Waals surface area (Å²) in [5.74, 6) is -2.09. The van der Waals surface area contributed by atoms with Crippen LogP contribution in [0.4, 0.5) is 8.78 Å². The minimum absolute atomic E-state index is 0.146. The monoisotopic (exact) mass is 336 g/mol. The minimum Gasteiger partial charge on any atom is -0.508 e. The van der Waals surface area contributed by atoms with Crippen molar-refractivity contribution in [2.75, 3.05) is 0 Å². The Morgan fingerprint density at radius 3 is 2.57 bits per heavy atom. The molecule has 4 rings (SSSR count). The highest BCUT2D eigenvalue weighted by Gasteiger charge is 2.58. The van der Waals surface area contributed by atoms with E-state index in [1.165, 1.54) is 0 Å². The number of alkyl halides is 2. The van der Waals surface area contributed by atoms with Crippen LogP contribution >= 0.6 is 11.6 Å². The highest BCUT2D eigenvalue weighted by Crippen LogP contribution is 2.58. The van der Waals surface area contributed by atoms with E-state index < -0.39 is 17.4 Å². The van der Waals surface area contributed by atoms with Crippen molar-refractivity contribution in [2.45, 2.75) is 36.7 Å². The van der Waals surface area contributed by atoms with Gasteiger partial charge in [0.15, 0.2) is 0 Å². The first-order chi connectivity index (χ1) is 10.9. The summed E-state index contributed by atoms with van der Waals surface area (Å²) in [5.41, 5.74) is 1.09. The summed E-state index contributed by atoms with van der Waals surface area (Å²) >= 11 is 6.23. The second-order valence-corrected chi connectivity index (χ2v) is 6.71. The number of hydrogen-bond acceptors (Lipinski definition) is 2. The molecule has 1 aliphatic heterocycles. The van der Waals surface area contributed by atoms with Crippen molar-refractivity contribution in [1.29, 1.82) is 0 Å². The Hall–Kier alpha value is -1.81. The lowest BCUT2D eigenvalue weighted by Gasteiger charge is -2.41. The lowest BCUT2D eigenvalue weighted by atomic mass is 9.64. The van der Waals surface area contributed by atoms with Crippen molar-refractivity contribution in [1.82, 2.24) is 0 Å². The third kappa shape index (κ3) is 2.12. The van der Waals surface area contributed by atoms with E-state index in [4.69, 9.17) is 16.3 Å². The molecule has 120 valence electrons. The number of aromatic hydroxyl groups is 1. The molecular weight excluding hydrogens is 322 g/mol. The van der Waals surface area contributed by atoms with Gasteiger partial charge in [-0.3, -0.25) is 0 Å². The summed E-state index contributed by atoms with van der Waals surface area (Å²) in [4.78, 5) is 0. The molecule has 0 amide bonds. The molecule has 2 atom stereocenters. The van der Waals surface area contributed by atoms with Crippen LogP contribution in [0, 0.1) is 0 Å². The maximum atomic E-state index is 14.0. The smallest absolute Gasteiger partial charge is 0.251 e. The van der Waals surface area contributed by atoms with Gasteiger partial charge in [-0.1, -0.05) is 35.9 Å². The normalized spacial score (nSPS) is 27.9. The molecule has 1 N–H and O–H groups in total. The third-order valence-corrected chi connectivity index (χ3v) is 5.31. The number of para-hydroxylation sites is 1. The van der Waals surface area contributed by atoms with Crippen LogP contribution in [0.2, 0.25) is 5.02 Å². The van der Waals surface area contributed by atoms with Gasteiger partial charge in [0.2, 0.25) is 0 Å². The second-order valence-electron chi connectivity index (χ2n) is 6.30. The Kier molecular flexibility index (Phi) is 3.11. The molecule has 5 heteroatoms. The highest BCUT2D eigenvalue weighted by molar-refractivity contribution is 6.32. The van der Waals surface area contributed by atoms with E-state index in [1.54, 1.807) is 30.3 Å². The molecule has 0 spiro atoms. The lowest BCUT2D eigenvalue weighted by molar-refractivity contribution is -0.0829. The lowest BCUT2D eigenvalue weighted by Crippen LogP contribution is -2.48. The molecule has 0 radical (unpaired) electrons. The number of phenols is 1. The van der Waals surface area contributed by atoms with Gasteiger partial charge < -0.3 is 9.84 Å². The quantitative estimate of drug-likeness (QED) is 0.801. The van der Waals surface area contributed by atoms with Crippen LogP contribution in [0.5, 0.6) is 11.5 Å². The zero-order valence-corrected chi connectivity index (χ0v) is 13.0. The van der Waals surface area contributed by atoms with Crippen molar-refractivity contribution in [3.63, 3.8) is 0 Å². The van der Waals surface area contributed by atoms with E-state index in [9.17, 15) is 13.9 Å². The number of fused-ring (bicyclic) bond motifs is 3. The molecule has 2 aliphatic rings. The number of hydrogen-bond donors (Lipinski definition) is 1. The van der Waals surface area contributed by atoms with Crippen molar-refractivity contribution in [3.8, 4) is 11.5 Å². The number of benzene rings is 2. The zero-order valence-electron chi connectivity index (χ0n) is 12.2. The van der Waals surface area contributed by atoms with Crippen molar-refractivity contribution >= 4 is 11.6 Å². The van der Waals surface area contributed by atoms with Crippen molar-refractivity contribution in [2.24, 2.45) is 0 Å². The highest BCUT2D eigenvalue weighted by atomic mass is 35.5. The summed E-state index contributed by atoms with van der Waals surface area (Å²) in [7, 11) is 0. The Morgan fingerprint density at radius 2 is 1.83 bits per heavy atom. The average molecular weight is 337 g/mol. The molecule has 1 fully saturated rings. The first kappa shape index (κ1) is 14.8. The van der Waals surface area contributed by atoms with E-state index in [1.807, 2.05) is 12.1 Å². The molecule has 2 aromatic rings. The van der Waals surface area contributed by atoms with Gasteiger partial charge in [0.05, 0.1) is 10.4 Å². The molecule has 0 bridgehead atoms. The van der Waals surface area contributed by atoms with Crippen LogP contribution in [0.1, 0.15) is 30.4 Å². The fourth-order valence-electron chi connectivity index (χ4n) is 3.91. The van der Waals surface area contributed by atoms with Crippen molar-refractivity contribution in [3.05, 3.63) is 58.6 Å². The molecule has 1 aliphatic carbocycles. The summed E-state index contributed by atoms with van der Waals surface area (Å²) < 4.78 is 33.8. The van der Waals surface area contributed by atoms with Gasteiger partial charge in [-0.2, -0.15) is 0 Å². The predicted molar refractivity (Wildman–Crippen MR) is 83.6 cm³/mol. The maximum Gasteiger partial charge on any atom is 0.251 e. The van der Waals surface area contributed by atoms with E-state index >= 15 is 0 Å². The van der Waals surface area contributed by atoms with E-state index in [0.29, 0.717) is 10.8 Å². The van der Waals surface area contributed by atoms with Gasteiger partial charge in [0, 0.05) is 18.4 Å². The molecule has 0 aromatic heterocycles. The average Bonchev–Trinajstić information content (AvgIpc) is 2.83. The summed E-state index contributed by atoms with van der Waals surface area (Å²) in [6.45, 7) is 0. The van der Waals surface area contributed by atoms with Crippen LogP contribution < -0.4 is 4.74 Å². The van der Waals surface area contributed by atoms with Gasteiger partial charge in [0.1, 0.15) is 17.6 Å². The second kappa shape index (κ2) is 4.84. The predicted octanol–water partition coefficient (Wildman–Crippen LogP) is 4.91. The molecular formula is C18H15ClF2O2. The maximum absolute atomic E-state index is 14.0. The SMILES string of the molecule is Oc1ccc(C23CCC(F)(F)CC2Oc2c(Cl)cccc23)cc1. The molecule has 23 heavy (non-hydrogen) atoms. The molecule has 1 saturated carbocycles. The molecule has 2 nitrogen and oxygen atoms in total. The Labute approximate surface area is 137 Å². The summed E-state index contributed by atoms with van der Waals surface area (Å²) in [6.07, 6.45) is -0.910. The number of phenolic OH excluding ortho intramolecular Hbond substituents is 1. The van der Waals surface area contributed by atoms with Gasteiger partial charge in [-0.25, -0.2) is 8.78 Å². The van der Waals surface area contributed by atoms with Crippen LogP contribution in [0.25, 0.3) is 0 Å². The fraction of sp³-hybridized carbons (Fsp3) is 0.333. The van der Waals surface area contributed by atoms with Gasteiger partial charge in [0.25, 0.3) is 5.92 Å². The Bertz CT molecular complexity index is 760. The van der Waals surface area contributed by atoms with Gasteiger partial charge in [-0.15, -0.1) is 0 Å². The standard InChI is InChI=1S/C18H15ClF2O2/c19-14-3-1-2-13-16(14)23-15-10-17(20,21)8-9-18(13,15)11-4-6-12(22)7-5-11/h1-7,15,22H,8-10H2. The molecule has 2 unspecified atom stereocenters. The number of ether oxygens (including phenoxy) is 1. The number of halogens is 3. The first-order valence-electron chi connectivity index (χ1n) is 7.55. The summed E-state index contributed by atoms with van der Waals surface area (Å²) in [5, 5.41) is 9.99. The topological polar surface area (TPSA) is 29.5 Å². The summed E-state index contributed by atoms with van der Waals surface area (Å²) in [6, 6.07) is 12.2. The van der Waals surface area contributed by atoms with E-state index in [2.05, 4.69) is 0 Å². The third-order valence-electron chi connectivity index (χ3n) is 5.01. The molecule has 0 saturated heterocycles. The molecule has 1 heterocycles. The minimum atomic E-state index is -2.74. The van der Waals surface area contributed by atoms with Gasteiger partial charge >= 0.3 is 0 Å². The van der Waals surface area contributed by atoms with Crippen LogP contribution in [-0.4, -0.2) is 17.1 Å². The zero-order chi connectivity index (χ0) is 16.2. The first-order valence-corrected chi connectivity index (χ1v) is 7.93. The van der Waals surface area contributed by atoms with Crippen LogP contribution in [0.3, 0.4) is 0 Å². The molecule has 2 aromatic carbocycles. The number of rotatable bonds is 1. The van der Waals surface area contributed by atoms with Crippen LogP contribution in [0.15, 0.2) is 42.5 Å². The largest absolute Gasteiger partial charge is 0.508 e. The van der Waals surface area contributed by atoms with Gasteiger partial charge in [-0.05, 0) is 30.2 Å². The Balaban J connectivity index is 1.92. The van der Waals surface area contributed by atoms with Crippen molar-refractivity contribution < 1.29 is 18.6 Å². The van der Waals surface area contributed by atoms with E-state index in [0.717, 1.165) is 11.1 Å². The van der Waals surface area contributed by atoms with E-state index in [-0.39, 0.29) is 25.0 Å². The van der Waals surface area contributed by atoms with Crippen LogP contribution in [-0.2, 0) is 5.41 Å². The fourth-order valence-corrected chi connectivity index (χ4v) is 4.12.